The zero-order chi connectivity index (χ0) is 28.7. The van der Waals surface area contributed by atoms with Crippen LogP contribution in [0, 0.1) is 0 Å². The Hall–Kier alpha value is -3.80. The van der Waals surface area contributed by atoms with Gasteiger partial charge in [-0.15, -0.1) is 0 Å². The Morgan fingerprint density at radius 1 is 1.05 bits per heavy atom. The zero-order valence-electron chi connectivity index (χ0n) is 23.5. The predicted octanol–water partition coefficient (Wildman–Crippen LogP) is 2.42. The van der Waals surface area contributed by atoms with Crippen LogP contribution in [0.15, 0.2) is 44.3 Å². The molecule has 0 bridgehead atoms. The second-order valence-corrected chi connectivity index (χ2v) is 13.4. The second kappa shape index (κ2) is 10.9. The molecule has 3 aromatic rings. The molecule has 0 spiro atoms. The van der Waals surface area contributed by atoms with Gasteiger partial charge in [0.1, 0.15) is 11.7 Å². The summed E-state index contributed by atoms with van der Waals surface area (Å²) in [5.74, 6) is 1.03. The van der Waals surface area contributed by atoms with E-state index in [-0.39, 0.29) is 34.6 Å². The molecule has 2 fully saturated rings. The maximum absolute atomic E-state index is 13.5. The highest BCUT2D eigenvalue weighted by molar-refractivity contribution is 7.91. The molecule has 3 aromatic heterocycles. The number of aromatic nitrogens is 5. The predicted molar refractivity (Wildman–Crippen MR) is 155 cm³/mol. The van der Waals surface area contributed by atoms with Gasteiger partial charge in [-0.2, -0.15) is 0 Å². The van der Waals surface area contributed by atoms with Crippen molar-refractivity contribution in [1.29, 1.82) is 0 Å². The molecule has 4 heterocycles. The minimum atomic E-state index is -3.34. The van der Waals surface area contributed by atoms with E-state index in [2.05, 4.69) is 20.3 Å². The number of hydrogen-bond acceptors (Lipinski definition) is 10. The van der Waals surface area contributed by atoms with Crippen molar-refractivity contribution in [3.63, 3.8) is 0 Å². The summed E-state index contributed by atoms with van der Waals surface area (Å²) >= 11 is 0. The normalized spacial score (nSPS) is 17.1. The molecule has 41 heavy (non-hydrogen) atoms. The number of aliphatic imine (C=N–C) groups is 1. The summed E-state index contributed by atoms with van der Waals surface area (Å²) < 4.78 is 25.8. The van der Waals surface area contributed by atoms with E-state index in [9.17, 15) is 13.2 Å². The third kappa shape index (κ3) is 5.32. The molecule has 214 valence electrons. The average molecular weight is 575 g/mol. The number of anilines is 1. The topological polar surface area (TPSA) is 144 Å². The Bertz CT molecular complexity index is 1810. The van der Waals surface area contributed by atoms with Crippen LogP contribution in [0.4, 0.5) is 5.82 Å². The first-order chi connectivity index (χ1) is 19.8. The fourth-order valence-electron chi connectivity index (χ4n) is 5.27. The monoisotopic (exact) mass is 574 g/mol. The molecule has 0 aromatic carbocycles. The highest BCUT2D eigenvalue weighted by atomic mass is 32.2. The van der Waals surface area contributed by atoms with Gasteiger partial charge in [0.25, 0.3) is 5.56 Å². The van der Waals surface area contributed by atoms with Gasteiger partial charge in [-0.1, -0.05) is 13.3 Å². The number of nitrogens with zero attached hydrogens (tertiary/aromatic N) is 7. The standard InChI is InChI=1S/C29H34N8O3S/c1-4-41(39,40)21-11-10-20(30-13-21)12-32-27-29(38)37(17(2)3)28-23(36-27)15-31-22(14-33-28)24-25(18-6-5-7-18)34-16-35-26(24)19-8-9-19/h10-11,13,15-19H,4-9,12,14H2,1-3H3,(H,32,36). The van der Waals surface area contributed by atoms with Crippen LogP contribution in [0.2, 0.25) is 0 Å². The van der Waals surface area contributed by atoms with Crippen molar-refractivity contribution in [2.75, 3.05) is 17.6 Å². The minimum Gasteiger partial charge on any atom is -0.360 e. The zero-order valence-corrected chi connectivity index (χ0v) is 24.4. The number of pyridine rings is 1. The molecule has 0 radical (unpaired) electrons. The Kier molecular flexibility index (Phi) is 7.27. The molecule has 0 saturated heterocycles. The van der Waals surface area contributed by atoms with E-state index in [1.807, 2.05) is 13.8 Å². The molecular weight excluding hydrogens is 540 g/mol. The average Bonchev–Trinajstić information content (AvgIpc) is 3.79. The van der Waals surface area contributed by atoms with Crippen LogP contribution in [-0.4, -0.2) is 50.9 Å². The summed E-state index contributed by atoms with van der Waals surface area (Å²) in [5, 5.41) is 3.60. The highest BCUT2D eigenvalue weighted by Crippen LogP contribution is 2.44. The quantitative estimate of drug-likeness (QED) is 0.410. The van der Waals surface area contributed by atoms with E-state index in [0.717, 1.165) is 48.3 Å². The SMILES string of the molecule is CCS(=O)(=O)c1ccc(CNc2nc3c(n(C(C)C)c2=O)=NCC(c2c(C4CCC4)ncnc2C2CC2)=NC=3)nc1. The van der Waals surface area contributed by atoms with E-state index in [1.165, 1.54) is 18.7 Å². The summed E-state index contributed by atoms with van der Waals surface area (Å²) in [6, 6.07) is 3.00. The Balaban J connectivity index is 1.36. The van der Waals surface area contributed by atoms with E-state index >= 15 is 0 Å². The molecule has 12 heteroatoms. The number of sulfone groups is 1. The molecule has 0 unspecified atom stereocenters. The van der Waals surface area contributed by atoms with Crippen LogP contribution in [0.5, 0.6) is 0 Å². The Morgan fingerprint density at radius 2 is 1.78 bits per heavy atom. The molecule has 1 N–H and O–H groups in total. The van der Waals surface area contributed by atoms with Crippen molar-refractivity contribution < 1.29 is 8.42 Å². The van der Waals surface area contributed by atoms with Crippen molar-refractivity contribution in [3.8, 4) is 0 Å². The van der Waals surface area contributed by atoms with Crippen LogP contribution < -0.4 is 21.7 Å². The van der Waals surface area contributed by atoms with Gasteiger partial charge in [0.15, 0.2) is 21.1 Å². The Labute approximate surface area is 238 Å². The Morgan fingerprint density at radius 3 is 2.37 bits per heavy atom. The minimum absolute atomic E-state index is 0.00685. The summed E-state index contributed by atoms with van der Waals surface area (Å²) in [6.45, 7) is 5.99. The van der Waals surface area contributed by atoms with Crippen molar-refractivity contribution >= 4 is 27.6 Å². The van der Waals surface area contributed by atoms with Gasteiger partial charge in [0.2, 0.25) is 0 Å². The van der Waals surface area contributed by atoms with Gasteiger partial charge in [0, 0.05) is 29.6 Å². The summed E-state index contributed by atoms with van der Waals surface area (Å²) in [5.41, 5.74) is 4.78. The van der Waals surface area contributed by atoms with E-state index in [4.69, 9.17) is 15.0 Å². The highest BCUT2D eigenvalue weighted by Gasteiger charge is 2.34. The maximum atomic E-state index is 13.5. The number of hydrogen-bond donors (Lipinski definition) is 1. The van der Waals surface area contributed by atoms with Crippen molar-refractivity contribution in [3.05, 3.63) is 68.5 Å². The largest absolute Gasteiger partial charge is 0.360 e. The van der Waals surface area contributed by atoms with E-state index < -0.39 is 9.84 Å². The molecule has 2 aliphatic carbocycles. The van der Waals surface area contributed by atoms with Crippen molar-refractivity contribution in [2.45, 2.75) is 82.2 Å². The lowest BCUT2D eigenvalue weighted by Gasteiger charge is -2.27. The van der Waals surface area contributed by atoms with E-state index in [0.29, 0.717) is 34.9 Å². The third-order valence-electron chi connectivity index (χ3n) is 7.97. The van der Waals surface area contributed by atoms with Crippen molar-refractivity contribution in [2.24, 2.45) is 9.98 Å². The van der Waals surface area contributed by atoms with Gasteiger partial charge in [-0.25, -0.2) is 23.4 Å². The lowest BCUT2D eigenvalue weighted by Crippen LogP contribution is -2.47. The fourth-order valence-corrected chi connectivity index (χ4v) is 6.09. The van der Waals surface area contributed by atoms with Crippen LogP contribution >= 0.6 is 0 Å². The molecule has 2 saturated carbocycles. The lowest BCUT2D eigenvalue weighted by atomic mass is 9.80. The number of fused-ring (bicyclic) bond motifs is 1. The van der Waals surface area contributed by atoms with Crippen LogP contribution in [0.3, 0.4) is 0 Å². The summed E-state index contributed by atoms with van der Waals surface area (Å²) in [4.78, 5) is 41.8. The number of nitrogens with one attached hydrogen (secondary N) is 1. The smallest absolute Gasteiger partial charge is 0.295 e. The first-order valence-electron chi connectivity index (χ1n) is 14.3. The molecule has 0 atom stereocenters. The van der Waals surface area contributed by atoms with Crippen LogP contribution in [-0.2, 0) is 16.4 Å². The van der Waals surface area contributed by atoms with Crippen LogP contribution in [0.1, 0.15) is 93.4 Å². The maximum Gasteiger partial charge on any atom is 0.295 e. The van der Waals surface area contributed by atoms with Crippen molar-refractivity contribution in [1.82, 2.24) is 24.5 Å². The van der Waals surface area contributed by atoms with Crippen LogP contribution in [0.25, 0.3) is 6.20 Å². The van der Waals surface area contributed by atoms with Gasteiger partial charge < -0.3 is 5.32 Å². The third-order valence-corrected chi connectivity index (χ3v) is 9.69. The summed E-state index contributed by atoms with van der Waals surface area (Å²) in [6.07, 6.45) is 10.4. The fraction of sp³-hybridized carbons (Fsp3) is 0.483. The van der Waals surface area contributed by atoms with E-state index in [1.54, 1.807) is 30.1 Å². The summed E-state index contributed by atoms with van der Waals surface area (Å²) in [7, 11) is -3.34. The first kappa shape index (κ1) is 27.4. The first-order valence-corrected chi connectivity index (χ1v) is 15.9. The van der Waals surface area contributed by atoms with Gasteiger partial charge in [0.05, 0.1) is 52.7 Å². The number of rotatable bonds is 9. The molecule has 6 rings (SSSR count). The molecule has 11 nitrogen and oxygen atoms in total. The van der Waals surface area contributed by atoms with Gasteiger partial charge in [-0.05, 0) is 51.7 Å². The second-order valence-electron chi connectivity index (χ2n) is 11.1. The lowest BCUT2D eigenvalue weighted by molar-refractivity contribution is 0.409. The van der Waals surface area contributed by atoms with Gasteiger partial charge >= 0.3 is 0 Å². The molecule has 1 aliphatic heterocycles. The van der Waals surface area contributed by atoms with Gasteiger partial charge in [-0.3, -0.25) is 24.3 Å². The molecule has 0 amide bonds. The molecular formula is C29H34N8O3S. The molecule has 3 aliphatic rings.